The highest BCUT2D eigenvalue weighted by Crippen LogP contribution is 2.18. The van der Waals surface area contributed by atoms with Gasteiger partial charge in [-0.25, -0.2) is 4.98 Å². The lowest BCUT2D eigenvalue weighted by Gasteiger charge is -2.30. The molecule has 0 aliphatic carbocycles. The Hall–Kier alpha value is -1.88. The largest absolute Gasteiger partial charge is 0.441 e. The summed E-state index contributed by atoms with van der Waals surface area (Å²) in [5.74, 6) is 1.01. The maximum atomic E-state index is 12.0. The molecule has 0 saturated carbocycles. The van der Waals surface area contributed by atoms with Gasteiger partial charge in [-0.3, -0.25) is 4.79 Å². The predicted molar refractivity (Wildman–Crippen MR) is 71.6 cm³/mol. The van der Waals surface area contributed by atoms with Crippen LogP contribution in [0.5, 0.6) is 0 Å². The number of hydrogen-bond acceptors (Lipinski definition) is 4. The molecule has 2 heterocycles. The van der Waals surface area contributed by atoms with E-state index < -0.39 is 0 Å². The van der Waals surface area contributed by atoms with Gasteiger partial charge in [-0.1, -0.05) is 6.07 Å². The van der Waals surface area contributed by atoms with Crippen molar-refractivity contribution in [3.05, 3.63) is 29.7 Å². The van der Waals surface area contributed by atoms with Gasteiger partial charge in [0.1, 0.15) is 5.52 Å². The highest BCUT2D eigenvalue weighted by atomic mass is 16.3. The molecule has 1 saturated heterocycles. The predicted octanol–water partition coefficient (Wildman–Crippen LogP) is 1.31. The van der Waals surface area contributed by atoms with E-state index in [1.165, 1.54) is 0 Å². The van der Waals surface area contributed by atoms with Crippen LogP contribution in [0.25, 0.3) is 11.1 Å². The Morgan fingerprint density at radius 2 is 2.32 bits per heavy atom. The number of amides is 1. The average Bonchev–Trinajstić information content (AvgIpc) is 2.66. The number of aryl methyl sites for hydroxylation is 1. The number of carbonyl (C=O) groups excluding carboxylic acids is 1. The van der Waals surface area contributed by atoms with Crippen LogP contribution in [0.2, 0.25) is 0 Å². The summed E-state index contributed by atoms with van der Waals surface area (Å²) in [5.41, 5.74) is 2.71. The second-order valence-corrected chi connectivity index (χ2v) is 5.08. The normalized spacial score (nSPS) is 15.5. The summed E-state index contributed by atoms with van der Waals surface area (Å²) in [6, 6.07) is 5.87. The topological polar surface area (TPSA) is 58.4 Å². The van der Waals surface area contributed by atoms with Gasteiger partial charge in [-0.2, -0.15) is 0 Å². The third kappa shape index (κ3) is 2.33. The van der Waals surface area contributed by atoms with Crippen molar-refractivity contribution in [2.75, 3.05) is 20.1 Å². The van der Waals surface area contributed by atoms with Gasteiger partial charge >= 0.3 is 0 Å². The minimum absolute atomic E-state index is 0.142. The molecule has 1 aliphatic rings. The van der Waals surface area contributed by atoms with E-state index in [0.29, 0.717) is 12.4 Å². The van der Waals surface area contributed by atoms with E-state index in [2.05, 4.69) is 10.3 Å². The lowest BCUT2D eigenvalue weighted by Crippen LogP contribution is -2.50. The van der Waals surface area contributed by atoms with Crippen LogP contribution in [0.3, 0.4) is 0 Å². The number of aromatic nitrogens is 1. The molecule has 19 heavy (non-hydrogen) atoms. The summed E-state index contributed by atoms with van der Waals surface area (Å²) in [5, 5.41) is 3.12. The molecular formula is C14H17N3O2. The van der Waals surface area contributed by atoms with Crippen LogP contribution < -0.4 is 5.32 Å². The lowest BCUT2D eigenvalue weighted by molar-refractivity contribution is -0.136. The van der Waals surface area contributed by atoms with Crippen molar-refractivity contribution in [1.29, 1.82) is 0 Å². The lowest BCUT2D eigenvalue weighted by atomic mass is 10.0. The molecule has 0 spiro atoms. The van der Waals surface area contributed by atoms with Gasteiger partial charge in [0.15, 0.2) is 11.5 Å². The van der Waals surface area contributed by atoms with Crippen LogP contribution in [-0.2, 0) is 11.3 Å². The molecule has 0 radical (unpaired) electrons. The van der Waals surface area contributed by atoms with E-state index >= 15 is 0 Å². The second-order valence-electron chi connectivity index (χ2n) is 5.08. The zero-order valence-corrected chi connectivity index (χ0v) is 11.1. The Bertz CT molecular complexity index is 616. The minimum Gasteiger partial charge on any atom is -0.441 e. The van der Waals surface area contributed by atoms with Crippen molar-refractivity contribution in [2.24, 2.45) is 5.92 Å². The van der Waals surface area contributed by atoms with Crippen molar-refractivity contribution in [3.63, 3.8) is 0 Å². The van der Waals surface area contributed by atoms with Crippen LogP contribution in [0.1, 0.15) is 11.5 Å². The number of oxazole rings is 1. The van der Waals surface area contributed by atoms with E-state index in [1.54, 1.807) is 4.90 Å². The molecular weight excluding hydrogens is 242 g/mol. The van der Waals surface area contributed by atoms with Crippen molar-refractivity contribution >= 4 is 17.0 Å². The molecule has 1 aromatic carbocycles. The summed E-state index contributed by atoms with van der Waals surface area (Å²) in [7, 11) is 1.85. The van der Waals surface area contributed by atoms with Gasteiger partial charge in [-0.15, -0.1) is 0 Å². The first-order chi connectivity index (χ1) is 9.13. The Labute approximate surface area is 111 Å². The fourth-order valence-corrected chi connectivity index (χ4v) is 2.31. The number of carbonyl (C=O) groups is 1. The van der Waals surface area contributed by atoms with Crippen LogP contribution in [0.15, 0.2) is 22.6 Å². The molecule has 0 bridgehead atoms. The first kappa shape index (κ1) is 12.2. The first-order valence-electron chi connectivity index (χ1n) is 6.45. The van der Waals surface area contributed by atoms with Crippen molar-refractivity contribution in [2.45, 2.75) is 13.5 Å². The van der Waals surface area contributed by atoms with Crippen molar-refractivity contribution in [1.82, 2.24) is 15.2 Å². The van der Waals surface area contributed by atoms with Crippen LogP contribution >= 0.6 is 0 Å². The summed E-state index contributed by atoms with van der Waals surface area (Å²) >= 11 is 0. The number of nitrogens with zero attached hydrogens (tertiary/aromatic N) is 2. The molecule has 1 aliphatic heterocycles. The zero-order chi connectivity index (χ0) is 13.4. The SMILES string of the molecule is Cc1nc2cc(CN(C)C(=O)C3CNC3)ccc2o1. The molecule has 1 N–H and O–H groups in total. The molecule has 1 amide bonds. The maximum Gasteiger partial charge on any atom is 0.228 e. The summed E-state index contributed by atoms with van der Waals surface area (Å²) in [4.78, 5) is 18.1. The zero-order valence-electron chi connectivity index (χ0n) is 11.1. The highest BCUT2D eigenvalue weighted by Gasteiger charge is 2.27. The van der Waals surface area contributed by atoms with Gasteiger partial charge < -0.3 is 14.6 Å². The van der Waals surface area contributed by atoms with E-state index in [-0.39, 0.29) is 11.8 Å². The minimum atomic E-state index is 0.142. The third-order valence-electron chi connectivity index (χ3n) is 3.49. The molecule has 0 unspecified atom stereocenters. The molecule has 1 fully saturated rings. The van der Waals surface area contributed by atoms with Crippen LogP contribution in [0.4, 0.5) is 0 Å². The summed E-state index contributed by atoms with van der Waals surface area (Å²) in [6.07, 6.45) is 0. The average molecular weight is 259 g/mol. The monoisotopic (exact) mass is 259 g/mol. The Kier molecular flexibility index (Phi) is 2.98. The van der Waals surface area contributed by atoms with Crippen molar-refractivity contribution < 1.29 is 9.21 Å². The van der Waals surface area contributed by atoms with Gasteiger partial charge in [-0.05, 0) is 17.7 Å². The number of rotatable bonds is 3. The van der Waals surface area contributed by atoms with E-state index in [0.717, 1.165) is 29.8 Å². The number of fused-ring (bicyclic) bond motifs is 1. The molecule has 3 rings (SSSR count). The highest BCUT2D eigenvalue weighted by molar-refractivity contribution is 5.80. The first-order valence-corrected chi connectivity index (χ1v) is 6.45. The van der Waals surface area contributed by atoms with E-state index in [9.17, 15) is 4.79 Å². The molecule has 0 atom stereocenters. The number of hydrogen-bond donors (Lipinski definition) is 1. The molecule has 5 heteroatoms. The third-order valence-corrected chi connectivity index (χ3v) is 3.49. The summed E-state index contributed by atoms with van der Waals surface area (Å²) in [6.45, 7) is 4.03. The Balaban J connectivity index is 1.74. The van der Waals surface area contributed by atoms with E-state index in [4.69, 9.17) is 4.42 Å². The fraction of sp³-hybridized carbons (Fsp3) is 0.429. The Morgan fingerprint density at radius 1 is 1.53 bits per heavy atom. The van der Waals surface area contributed by atoms with Gasteiger partial charge in [0.25, 0.3) is 0 Å². The van der Waals surface area contributed by atoms with Crippen LogP contribution in [-0.4, -0.2) is 35.9 Å². The standard InChI is InChI=1S/C14H17N3O2/c1-9-16-12-5-10(3-4-13(12)19-9)8-17(2)14(18)11-6-15-7-11/h3-5,11,15H,6-8H2,1-2H3. The number of nitrogens with one attached hydrogen (secondary N) is 1. The Morgan fingerprint density at radius 3 is 3.00 bits per heavy atom. The van der Waals surface area contributed by atoms with Gasteiger partial charge in [0.05, 0.1) is 5.92 Å². The van der Waals surface area contributed by atoms with Gasteiger partial charge in [0, 0.05) is 33.6 Å². The maximum absolute atomic E-state index is 12.0. The van der Waals surface area contributed by atoms with E-state index in [1.807, 2.05) is 32.2 Å². The fourth-order valence-electron chi connectivity index (χ4n) is 2.31. The smallest absolute Gasteiger partial charge is 0.228 e. The van der Waals surface area contributed by atoms with Crippen LogP contribution in [0, 0.1) is 12.8 Å². The second kappa shape index (κ2) is 4.66. The quantitative estimate of drug-likeness (QED) is 0.903. The van der Waals surface area contributed by atoms with Crippen molar-refractivity contribution in [3.8, 4) is 0 Å². The molecule has 5 nitrogen and oxygen atoms in total. The number of benzene rings is 1. The molecule has 1 aromatic heterocycles. The summed E-state index contributed by atoms with van der Waals surface area (Å²) < 4.78 is 5.44. The molecule has 2 aromatic rings. The molecule has 100 valence electrons. The van der Waals surface area contributed by atoms with Gasteiger partial charge in [0.2, 0.25) is 5.91 Å².